The molecule has 5 aromatic rings. The lowest BCUT2D eigenvalue weighted by Crippen LogP contribution is -2.48. The molecule has 0 bridgehead atoms. The Labute approximate surface area is 297 Å². The van der Waals surface area contributed by atoms with Gasteiger partial charge in [-0.3, -0.25) is 0 Å². The van der Waals surface area contributed by atoms with Gasteiger partial charge < -0.3 is 34.4 Å². The quantitative estimate of drug-likeness (QED) is 0.156. The van der Waals surface area contributed by atoms with E-state index in [4.69, 9.17) is 29.5 Å². The van der Waals surface area contributed by atoms with Gasteiger partial charge in [-0.2, -0.15) is 0 Å². The van der Waals surface area contributed by atoms with Crippen LogP contribution in [0.3, 0.4) is 0 Å². The number of allylic oxidation sites excluding steroid dienone is 1. The van der Waals surface area contributed by atoms with Gasteiger partial charge in [0.25, 0.3) is 0 Å². The summed E-state index contributed by atoms with van der Waals surface area (Å²) < 4.78 is 12.5. The number of amides is 1. The van der Waals surface area contributed by atoms with Gasteiger partial charge in [-0.15, -0.1) is 5.10 Å². The number of rotatable bonds is 13. The third-order valence-electron chi connectivity index (χ3n) is 8.99. The molecular weight excluding hydrogens is 648 g/mol. The van der Waals surface area contributed by atoms with Crippen molar-refractivity contribution in [3.05, 3.63) is 107 Å². The van der Waals surface area contributed by atoms with E-state index < -0.39 is 12.2 Å². The molecule has 266 valence electrons. The smallest absolute Gasteiger partial charge is 0.407 e. The van der Waals surface area contributed by atoms with Crippen molar-refractivity contribution in [2.45, 2.75) is 45.9 Å². The number of imidazole rings is 1. The van der Waals surface area contributed by atoms with Crippen LogP contribution in [-0.2, 0) is 13.1 Å². The summed E-state index contributed by atoms with van der Waals surface area (Å²) in [5.41, 5.74) is 4.59. The second-order valence-electron chi connectivity index (χ2n) is 12.5. The fourth-order valence-corrected chi connectivity index (χ4v) is 6.18. The lowest BCUT2D eigenvalue weighted by atomic mass is 10.1. The number of pyridine rings is 1. The van der Waals surface area contributed by atoms with E-state index in [1.165, 1.54) is 4.90 Å². The minimum absolute atomic E-state index is 0.410. The first kappa shape index (κ1) is 35.1. The van der Waals surface area contributed by atoms with Gasteiger partial charge in [0.2, 0.25) is 0 Å². The summed E-state index contributed by atoms with van der Waals surface area (Å²) in [7, 11) is 3.30. The van der Waals surface area contributed by atoms with Crippen LogP contribution in [0.4, 0.5) is 16.4 Å². The lowest BCUT2D eigenvalue weighted by molar-refractivity contribution is 0.142. The van der Waals surface area contributed by atoms with E-state index >= 15 is 0 Å². The van der Waals surface area contributed by atoms with Crippen LogP contribution in [0.5, 0.6) is 11.5 Å². The van der Waals surface area contributed by atoms with Crippen LogP contribution in [0.15, 0.2) is 73.1 Å². The summed E-state index contributed by atoms with van der Waals surface area (Å²) >= 11 is 0. The Morgan fingerprint density at radius 3 is 2.12 bits per heavy atom. The molecule has 0 spiro atoms. The lowest BCUT2D eigenvalue weighted by Gasteiger charge is -2.34. The van der Waals surface area contributed by atoms with Gasteiger partial charge in [0, 0.05) is 51.0 Å². The van der Waals surface area contributed by atoms with Crippen molar-refractivity contribution in [1.29, 1.82) is 0 Å². The monoisotopic (exact) mass is 692 g/mol. The third-order valence-corrected chi connectivity index (χ3v) is 8.99. The molecule has 3 aromatic heterocycles. The Kier molecular flexibility index (Phi) is 11.0. The van der Waals surface area contributed by atoms with E-state index in [0.29, 0.717) is 67.8 Å². The maximum atomic E-state index is 11.8. The Hall–Kier alpha value is -5.69. The second-order valence-corrected chi connectivity index (χ2v) is 12.5. The maximum absolute atomic E-state index is 11.8. The Morgan fingerprint density at radius 2 is 1.57 bits per heavy atom. The van der Waals surface area contributed by atoms with Crippen LogP contribution in [0, 0.1) is 6.92 Å². The van der Waals surface area contributed by atoms with E-state index in [1.54, 1.807) is 31.1 Å². The van der Waals surface area contributed by atoms with Crippen LogP contribution in [-0.4, -0.2) is 86.2 Å². The molecule has 1 aliphatic rings. The fraction of sp³-hybridized carbons (Fsp3) is 0.342. The number of hydrogen-bond donors (Lipinski definition) is 2. The van der Waals surface area contributed by atoms with Gasteiger partial charge in [-0.1, -0.05) is 43.7 Å². The average molecular weight is 693 g/mol. The van der Waals surface area contributed by atoms with Crippen LogP contribution < -0.4 is 19.3 Å². The van der Waals surface area contributed by atoms with Gasteiger partial charge >= 0.3 is 6.09 Å². The zero-order valence-corrected chi connectivity index (χ0v) is 29.4. The number of hydrogen-bond acceptors (Lipinski definition) is 10. The molecule has 13 nitrogen and oxygen atoms in total. The van der Waals surface area contributed by atoms with Gasteiger partial charge in [0.15, 0.2) is 17.3 Å². The number of aryl methyl sites for hydroxylation is 1. The molecule has 1 saturated heterocycles. The van der Waals surface area contributed by atoms with Gasteiger partial charge in [0.1, 0.15) is 23.4 Å². The number of aliphatic hydroxyl groups excluding tert-OH is 1. The fourth-order valence-electron chi connectivity index (χ4n) is 6.18. The van der Waals surface area contributed by atoms with Crippen molar-refractivity contribution in [1.82, 2.24) is 29.5 Å². The van der Waals surface area contributed by atoms with E-state index in [9.17, 15) is 15.0 Å². The molecule has 1 aliphatic heterocycles. The summed E-state index contributed by atoms with van der Waals surface area (Å²) in [5, 5.41) is 26.0. The third kappa shape index (κ3) is 8.04. The van der Waals surface area contributed by atoms with Crippen LogP contribution in [0.2, 0.25) is 0 Å². The number of anilines is 2. The van der Waals surface area contributed by atoms with Crippen molar-refractivity contribution in [2.75, 3.05) is 50.2 Å². The average Bonchev–Trinajstić information content (AvgIpc) is 3.58. The highest BCUT2D eigenvalue weighted by atomic mass is 16.5. The second kappa shape index (κ2) is 15.9. The number of fused-ring (bicyclic) bond motifs is 1. The van der Waals surface area contributed by atoms with E-state index in [-0.39, 0.29) is 0 Å². The summed E-state index contributed by atoms with van der Waals surface area (Å²) in [5.74, 6) is 3.44. The minimum Gasteiger partial charge on any atom is -0.497 e. The first-order valence-corrected chi connectivity index (χ1v) is 17.1. The van der Waals surface area contributed by atoms with E-state index in [0.717, 1.165) is 46.8 Å². The Morgan fingerprint density at radius 1 is 0.941 bits per heavy atom. The highest BCUT2D eigenvalue weighted by molar-refractivity contribution is 5.67. The summed E-state index contributed by atoms with van der Waals surface area (Å²) in [6, 6.07) is 17.8. The molecule has 1 amide bonds. The van der Waals surface area contributed by atoms with Crippen molar-refractivity contribution >= 4 is 29.5 Å². The number of ether oxygens (including phenoxy) is 2. The number of aliphatic hydroxyl groups is 1. The molecular formula is C38H44N8O5. The van der Waals surface area contributed by atoms with Crippen molar-refractivity contribution in [3.8, 4) is 11.5 Å². The van der Waals surface area contributed by atoms with Gasteiger partial charge in [0.05, 0.1) is 26.1 Å². The van der Waals surface area contributed by atoms with Crippen molar-refractivity contribution in [3.63, 3.8) is 0 Å². The number of benzene rings is 2. The molecule has 0 aliphatic carbocycles. The van der Waals surface area contributed by atoms with Crippen LogP contribution >= 0.6 is 0 Å². The molecule has 6 rings (SSSR count). The zero-order valence-electron chi connectivity index (χ0n) is 29.4. The highest BCUT2D eigenvalue weighted by Crippen LogP contribution is 2.30. The number of aromatic nitrogens is 5. The molecule has 1 unspecified atom stereocenters. The predicted octanol–water partition coefficient (Wildman–Crippen LogP) is 5.75. The molecule has 4 heterocycles. The summed E-state index contributed by atoms with van der Waals surface area (Å²) in [6.07, 6.45) is 7.15. The largest absolute Gasteiger partial charge is 0.497 e. The SMILES string of the molecule is CCC/C=C/c1nc(N(Cc2ccc(OC)cc2)Cc2ccc(OC)cc2)c2ncc(C(O)c3cnc(N4CCN(C(=O)O)CC4)c(C)c3)n2n1. The standard InChI is InChI=1S/C38H44N8O5/c1-5-6-7-8-33-41-37(45(24-27-9-13-30(50-3)14-10-27)25-28-11-15-31(51-4)16-12-28)36-40-23-32(46(36)42-33)34(47)29-21-26(2)35(39-22-29)43-17-19-44(20-18-43)38(48)49/h7-16,21-23,34,47H,5-6,17-20,24-25H2,1-4H3,(H,48,49)/b8-7+. The van der Waals surface area contributed by atoms with Gasteiger partial charge in [-0.05, 0) is 66.4 Å². The summed E-state index contributed by atoms with van der Waals surface area (Å²) in [4.78, 5) is 31.5. The molecule has 1 fully saturated rings. The van der Waals surface area contributed by atoms with Gasteiger partial charge in [-0.25, -0.2) is 24.3 Å². The topological polar surface area (TPSA) is 142 Å². The minimum atomic E-state index is -1.07. The molecule has 13 heteroatoms. The van der Waals surface area contributed by atoms with E-state index in [1.807, 2.05) is 67.6 Å². The highest BCUT2D eigenvalue weighted by Gasteiger charge is 2.26. The van der Waals surface area contributed by atoms with Crippen molar-refractivity contribution < 1.29 is 24.5 Å². The Balaban J connectivity index is 1.37. The molecule has 0 saturated carbocycles. The van der Waals surface area contributed by atoms with Crippen LogP contribution in [0.25, 0.3) is 11.7 Å². The number of methoxy groups -OCH3 is 2. The number of carboxylic acid groups (broad SMARTS) is 1. The van der Waals surface area contributed by atoms with Crippen molar-refractivity contribution in [2.24, 2.45) is 0 Å². The molecule has 0 radical (unpaired) electrons. The number of nitrogens with zero attached hydrogens (tertiary/aromatic N) is 8. The number of unbranched alkanes of at least 4 members (excludes halogenated alkanes) is 1. The maximum Gasteiger partial charge on any atom is 0.407 e. The first-order chi connectivity index (χ1) is 24.8. The van der Waals surface area contributed by atoms with E-state index in [2.05, 4.69) is 22.8 Å². The zero-order chi connectivity index (χ0) is 35.9. The normalized spacial score (nSPS) is 13.9. The number of piperazine rings is 1. The summed E-state index contributed by atoms with van der Waals surface area (Å²) in [6.45, 7) is 7.03. The number of carbonyl (C=O) groups is 1. The Bertz CT molecular complexity index is 1920. The molecule has 51 heavy (non-hydrogen) atoms. The first-order valence-electron chi connectivity index (χ1n) is 17.1. The molecule has 2 aromatic carbocycles. The molecule has 2 N–H and O–H groups in total. The molecule has 1 atom stereocenters. The predicted molar refractivity (Wildman–Crippen MR) is 195 cm³/mol. The van der Waals surface area contributed by atoms with Crippen LogP contribution in [0.1, 0.15) is 59.6 Å².